The maximum absolute atomic E-state index is 12.2. The van der Waals surface area contributed by atoms with Crippen LogP contribution in [0.1, 0.15) is 12.0 Å². The Labute approximate surface area is 78.7 Å². The lowest BCUT2D eigenvalue weighted by molar-refractivity contribution is -0.384. The van der Waals surface area contributed by atoms with Gasteiger partial charge < -0.3 is 5.32 Å². The number of hydrogen-bond acceptors (Lipinski definition) is 3. The van der Waals surface area contributed by atoms with Gasteiger partial charge in [0, 0.05) is 18.7 Å². The van der Waals surface area contributed by atoms with Gasteiger partial charge in [-0.05, 0) is 6.07 Å². The second-order valence-electron chi connectivity index (χ2n) is 2.58. The van der Waals surface area contributed by atoms with Gasteiger partial charge in [0.25, 0.3) is 12.1 Å². The number of nitrogens with zero attached hydrogens (tertiary/aromatic N) is 1. The van der Waals surface area contributed by atoms with Crippen LogP contribution in [0.5, 0.6) is 0 Å². The monoisotopic (exact) mass is 202 g/mol. The molecule has 1 aromatic carbocycles. The minimum atomic E-state index is -2.69. The zero-order valence-electron chi connectivity index (χ0n) is 7.33. The molecule has 0 aliphatic rings. The SMILES string of the molecule is CNc1ccc(C(F)F)cc1[N+](=O)[O-]. The quantitative estimate of drug-likeness (QED) is 0.605. The van der Waals surface area contributed by atoms with Crippen LogP contribution in [-0.2, 0) is 0 Å². The van der Waals surface area contributed by atoms with Crippen LogP contribution in [-0.4, -0.2) is 12.0 Å². The predicted octanol–water partition coefficient (Wildman–Crippen LogP) is 2.57. The first-order valence-electron chi connectivity index (χ1n) is 3.80. The summed E-state index contributed by atoms with van der Waals surface area (Å²) in [5, 5.41) is 13.0. The first kappa shape index (κ1) is 10.4. The molecule has 0 aliphatic carbocycles. The van der Waals surface area contributed by atoms with Gasteiger partial charge >= 0.3 is 0 Å². The number of halogens is 2. The van der Waals surface area contributed by atoms with Gasteiger partial charge in [-0.15, -0.1) is 0 Å². The van der Waals surface area contributed by atoms with Crippen LogP contribution in [0.2, 0.25) is 0 Å². The van der Waals surface area contributed by atoms with E-state index in [0.717, 1.165) is 12.1 Å². The molecule has 0 heterocycles. The van der Waals surface area contributed by atoms with E-state index in [2.05, 4.69) is 5.32 Å². The van der Waals surface area contributed by atoms with Crippen LogP contribution in [0.15, 0.2) is 18.2 Å². The van der Waals surface area contributed by atoms with E-state index in [-0.39, 0.29) is 16.9 Å². The second kappa shape index (κ2) is 3.99. The molecule has 1 rings (SSSR count). The molecular formula is C8H8F2N2O2. The Morgan fingerprint density at radius 1 is 1.50 bits per heavy atom. The van der Waals surface area contributed by atoms with Crippen molar-refractivity contribution in [3.63, 3.8) is 0 Å². The molecule has 0 aliphatic heterocycles. The molecule has 6 heteroatoms. The van der Waals surface area contributed by atoms with E-state index < -0.39 is 11.3 Å². The first-order chi connectivity index (χ1) is 6.56. The molecule has 0 amide bonds. The van der Waals surface area contributed by atoms with Crippen molar-refractivity contribution < 1.29 is 13.7 Å². The molecule has 0 unspecified atom stereocenters. The van der Waals surface area contributed by atoms with Gasteiger partial charge in [-0.1, -0.05) is 6.07 Å². The van der Waals surface area contributed by atoms with E-state index >= 15 is 0 Å². The number of alkyl halides is 2. The number of anilines is 1. The summed E-state index contributed by atoms with van der Waals surface area (Å²) < 4.78 is 24.4. The lowest BCUT2D eigenvalue weighted by Crippen LogP contribution is -1.97. The van der Waals surface area contributed by atoms with Gasteiger partial charge in [-0.25, -0.2) is 8.78 Å². The van der Waals surface area contributed by atoms with E-state index in [4.69, 9.17) is 0 Å². The highest BCUT2D eigenvalue weighted by atomic mass is 19.3. The molecule has 0 bridgehead atoms. The van der Waals surface area contributed by atoms with E-state index in [0.29, 0.717) is 0 Å². The Hall–Kier alpha value is -1.72. The lowest BCUT2D eigenvalue weighted by Gasteiger charge is -2.04. The van der Waals surface area contributed by atoms with Crippen LogP contribution in [0.4, 0.5) is 20.2 Å². The van der Waals surface area contributed by atoms with E-state index in [1.807, 2.05) is 0 Å². The van der Waals surface area contributed by atoms with Crippen LogP contribution in [0.25, 0.3) is 0 Å². The minimum Gasteiger partial charge on any atom is -0.383 e. The highest BCUT2D eigenvalue weighted by Gasteiger charge is 2.17. The molecule has 0 fully saturated rings. The van der Waals surface area contributed by atoms with E-state index in [9.17, 15) is 18.9 Å². The Kier molecular flexibility index (Phi) is 2.95. The van der Waals surface area contributed by atoms with Crippen LogP contribution >= 0.6 is 0 Å². The van der Waals surface area contributed by atoms with Crippen molar-refractivity contribution in [1.82, 2.24) is 0 Å². The molecule has 0 saturated heterocycles. The smallest absolute Gasteiger partial charge is 0.292 e. The van der Waals surface area contributed by atoms with Crippen molar-refractivity contribution >= 4 is 11.4 Å². The summed E-state index contributed by atoms with van der Waals surface area (Å²) in [5.74, 6) is 0. The molecule has 0 aromatic heterocycles. The first-order valence-corrected chi connectivity index (χ1v) is 3.80. The molecule has 0 atom stereocenters. The molecule has 76 valence electrons. The number of nitrogens with one attached hydrogen (secondary N) is 1. The molecule has 1 N–H and O–H groups in total. The normalized spacial score (nSPS) is 10.3. The van der Waals surface area contributed by atoms with Gasteiger partial charge in [0.1, 0.15) is 5.69 Å². The van der Waals surface area contributed by atoms with E-state index in [1.54, 1.807) is 0 Å². The fourth-order valence-corrected chi connectivity index (χ4v) is 1.05. The number of hydrogen-bond donors (Lipinski definition) is 1. The zero-order chi connectivity index (χ0) is 10.7. The summed E-state index contributed by atoms with van der Waals surface area (Å²) in [6, 6.07) is 3.29. The number of nitro benzene ring substituents is 1. The van der Waals surface area contributed by atoms with Gasteiger partial charge in [-0.3, -0.25) is 10.1 Å². The average Bonchev–Trinajstić information content (AvgIpc) is 2.16. The zero-order valence-corrected chi connectivity index (χ0v) is 7.33. The third kappa shape index (κ3) is 1.95. The van der Waals surface area contributed by atoms with E-state index in [1.165, 1.54) is 13.1 Å². The van der Waals surface area contributed by atoms with Crippen molar-refractivity contribution in [2.75, 3.05) is 12.4 Å². The Morgan fingerprint density at radius 2 is 2.14 bits per heavy atom. The van der Waals surface area contributed by atoms with Gasteiger partial charge in [0.2, 0.25) is 0 Å². The van der Waals surface area contributed by atoms with Crippen LogP contribution in [0.3, 0.4) is 0 Å². The van der Waals surface area contributed by atoms with Crippen molar-refractivity contribution in [2.24, 2.45) is 0 Å². The Morgan fingerprint density at radius 3 is 2.57 bits per heavy atom. The van der Waals surface area contributed by atoms with Crippen LogP contribution in [0, 0.1) is 10.1 Å². The maximum Gasteiger partial charge on any atom is 0.292 e. The summed E-state index contributed by atoms with van der Waals surface area (Å²) in [4.78, 5) is 9.78. The third-order valence-electron chi connectivity index (χ3n) is 1.74. The number of nitro groups is 1. The molecule has 14 heavy (non-hydrogen) atoms. The van der Waals surface area contributed by atoms with Crippen molar-refractivity contribution in [3.05, 3.63) is 33.9 Å². The Balaban J connectivity index is 3.21. The molecular weight excluding hydrogens is 194 g/mol. The van der Waals surface area contributed by atoms with Crippen molar-refractivity contribution in [2.45, 2.75) is 6.43 Å². The standard InChI is InChI=1S/C8H8F2N2O2/c1-11-6-3-2-5(8(9)10)4-7(6)12(13)14/h2-4,8,11H,1H3. The summed E-state index contributed by atoms with van der Waals surface area (Å²) in [6.45, 7) is 0. The summed E-state index contributed by atoms with van der Waals surface area (Å²) in [5.41, 5.74) is -0.472. The second-order valence-corrected chi connectivity index (χ2v) is 2.58. The molecule has 4 nitrogen and oxygen atoms in total. The van der Waals surface area contributed by atoms with Gasteiger partial charge in [-0.2, -0.15) is 0 Å². The summed E-state index contributed by atoms with van der Waals surface area (Å²) >= 11 is 0. The van der Waals surface area contributed by atoms with Crippen LogP contribution < -0.4 is 5.32 Å². The highest BCUT2D eigenvalue weighted by molar-refractivity contribution is 5.62. The van der Waals surface area contributed by atoms with Crippen molar-refractivity contribution in [3.8, 4) is 0 Å². The average molecular weight is 202 g/mol. The van der Waals surface area contributed by atoms with Gasteiger partial charge in [0.15, 0.2) is 0 Å². The van der Waals surface area contributed by atoms with Gasteiger partial charge in [0.05, 0.1) is 4.92 Å². The maximum atomic E-state index is 12.2. The molecule has 0 spiro atoms. The fraction of sp³-hybridized carbons (Fsp3) is 0.250. The molecule has 1 aromatic rings. The highest BCUT2D eigenvalue weighted by Crippen LogP contribution is 2.29. The number of rotatable bonds is 3. The van der Waals surface area contributed by atoms with Crippen molar-refractivity contribution in [1.29, 1.82) is 0 Å². The molecule has 0 saturated carbocycles. The fourth-order valence-electron chi connectivity index (χ4n) is 1.05. The molecule has 0 radical (unpaired) electrons. The Bertz CT molecular complexity index is 355. The lowest BCUT2D eigenvalue weighted by atomic mass is 10.2. The third-order valence-corrected chi connectivity index (χ3v) is 1.74. The minimum absolute atomic E-state index is 0.222. The summed E-state index contributed by atoms with van der Waals surface area (Å²) in [6.07, 6.45) is -2.69. The topological polar surface area (TPSA) is 55.2 Å². The number of benzene rings is 1. The summed E-state index contributed by atoms with van der Waals surface area (Å²) in [7, 11) is 1.49. The largest absolute Gasteiger partial charge is 0.383 e. The predicted molar refractivity (Wildman–Crippen MR) is 47.6 cm³/mol.